The largest absolute Gasteiger partial charge is 0.351 e. The normalized spacial score (nSPS) is 26.5. The summed E-state index contributed by atoms with van der Waals surface area (Å²) in [5, 5.41) is 2.98. The van der Waals surface area contributed by atoms with Crippen LogP contribution < -0.4 is 11.1 Å². The van der Waals surface area contributed by atoms with Crippen molar-refractivity contribution in [3.63, 3.8) is 0 Å². The van der Waals surface area contributed by atoms with Gasteiger partial charge in [0.05, 0.1) is 6.54 Å². The SMILES string of the molecule is NC(=O)N1CCNC(Cl)C1. The van der Waals surface area contributed by atoms with Crippen molar-refractivity contribution in [2.75, 3.05) is 19.6 Å². The summed E-state index contributed by atoms with van der Waals surface area (Å²) < 4.78 is 0. The van der Waals surface area contributed by atoms with E-state index in [0.717, 1.165) is 6.54 Å². The van der Waals surface area contributed by atoms with Gasteiger partial charge in [-0.15, -0.1) is 11.6 Å². The van der Waals surface area contributed by atoms with E-state index in [4.69, 9.17) is 17.3 Å². The summed E-state index contributed by atoms with van der Waals surface area (Å²) in [7, 11) is 0. The van der Waals surface area contributed by atoms with Gasteiger partial charge in [-0.1, -0.05) is 0 Å². The van der Waals surface area contributed by atoms with Crippen molar-refractivity contribution in [2.45, 2.75) is 5.50 Å². The zero-order chi connectivity index (χ0) is 7.56. The first-order valence-electron chi connectivity index (χ1n) is 3.12. The van der Waals surface area contributed by atoms with Crippen LogP contribution in [-0.2, 0) is 0 Å². The molecule has 5 heteroatoms. The Morgan fingerprint density at radius 1 is 1.80 bits per heavy atom. The number of rotatable bonds is 0. The Balaban J connectivity index is 2.39. The van der Waals surface area contributed by atoms with E-state index in [1.165, 1.54) is 4.90 Å². The second kappa shape index (κ2) is 3.07. The van der Waals surface area contributed by atoms with Crippen LogP contribution in [0.15, 0.2) is 0 Å². The summed E-state index contributed by atoms with van der Waals surface area (Å²) in [5.41, 5.74) is 4.88. The average molecular weight is 164 g/mol. The second-order valence-corrected chi connectivity index (χ2v) is 2.73. The first-order valence-corrected chi connectivity index (χ1v) is 3.55. The highest BCUT2D eigenvalue weighted by Crippen LogP contribution is 2.00. The molecular formula is C5H10ClN3O. The van der Waals surface area contributed by atoms with E-state index in [2.05, 4.69) is 5.32 Å². The maximum absolute atomic E-state index is 10.6. The third-order valence-corrected chi connectivity index (χ3v) is 1.73. The molecule has 2 amide bonds. The van der Waals surface area contributed by atoms with Crippen LogP contribution in [0.5, 0.6) is 0 Å². The number of halogens is 1. The highest BCUT2D eigenvalue weighted by atomic mass is 35.5. The minimum atomic E-state index is -0.396. The molecule has 1 fully saturated rings. The number of primary amides is 1. The van der Waals surface area contributed by atoms with Gasteiger partial charge in [0.25, 0.3) is 0 Å². The van der Waals surface area contributed by atoms with Crippen molar-refractivity contribution in [1.82, 2.24) is 10.2 Å². The van der Waals surface area contributed by atoms with E-state index in [9.17, 15) is 4.79 Å². The fourth-order valence-electron chi connectivity index (χ4n) is 0.906. The Kier molecular flexibility index (Phi) is 2.34. The van der Waals surface area contributed by atoms with Gasteiger partial charge in [-0.2, -0.15) is 0 Å². The molecule has 1 heterocycles. The first-order chi connectivity index (χ1) is 4.70. The summed E-state index contributed by atoms with van der Waals surface area (Å²) in [5.74, 6) is 0. The number of nitrogens with one attached hydrogen (secondary N) is 1. The predicted octanol–water partition coefficient (Wildman–Crippen LogP) is -0.465. The molecule has 0 radical (unpaired) electrons. The fraction of sp³-hybridized carbons (Fsp3) is 0.800. The van der Waals surface area contributed by atoms with Crippen molar-refractivity contribution in [1.29, 1.82) is 0 Å². The van der Waals surface area contributed by atoms with Crippen LogP contribution in [0.25, 0.3) is 0 Å². The van der Waals surface area contributed by atoms with Crippen LogP contribution in [0.3, 0.4) is 0 Å². The van der Waals surface area contributed by atoms with Crippen LogP contribution in [0.2, 0.25) is 0 Å². The van der Waals surface area contributed by atoms with Crippen LogP contribution in [0.4, 0.5) is 4.79 Å². The van der Waals surface area contributed by atoms with Gasteiger partial charge in [0, 0.05) is 13.1 Å². The highest BCUT2D eigenvalue weighted by Gasteiger charge is 2.18. The topological polar surface area (TPSA) is 58.4 Å². The van der Waals surface area contributed by atoms with Gasteiger partial charge < -0.3 is 10.6 Å². The minimum absolute atomic E-state index is 0.152. The quantitative estimate of drug-likeness (QED) is 0.375. The molecule has 1 aliphatic heterocycles. The molecule has 58 valence electrons. The maximum atomic E-state index is 10.6. The van der Waals surface area contributed by atoms with Gasteiger partial charge in [0.2, 0.25) is 0 Å². The first kappa shape index (κ1) is 7.63. The Morgan fingerprint density at radius 2 is 2.50 bits per heavy atom. The van der Waals surface area contributed by atoms with E-state index >= 15 is 0 Å². The van der Waals surface area contributed by atoms with Crippen LogP contribution >= 0.6 is 11.6 Å². The van der Waals surface area contributed by atoms with E-state index < -0.39 is 6.03 Å². The zero-order valence-corrected chi connectivity index (χ0v) is 6.27. The predicted molar refractivity (Wildman–Crippen MR) is 38.8 cm³/mol. The summed E-state index contributed by atoms with van der Waals surface area (Å²) in [6.45, 7) is 1.87. The molecule has 1 unspecified atom stereocenters. The van der Waals surface area contributed by atoms with Gasteiger partial charge in [-0.05, 0) is 0 Å². The van der Waals surface area contributed by atoms with E-state index in [0.29, 0.717) is 13.1 Å². The molecule has 1 rings (SSSR count). The van der Waals surface area contributed by atoms with Gasteiger partial charge >= 0.3 is 6.03 Å². The lowest BCUT2D eigenvalue weighted by molar-refractivity contribution is 0.196. The number of nitrogens with zero attached hydrogens (tertiary/aromatic N) is 1. The summed E-state index contributed by atoms with van der Waals surface area (Å²) in [6, 6.07) is -0.396. The lowest BCUT2D eigenvalue weighted by Crippen LogP contribution is -2.52. The number of hydrogen-bond acceptors (Lipinski definition) is 2. The number of hydrogen-bond donors (Lipinski definition) is 2. The Morgan fingerprint density at radius 3 is 2.90 bits per heavy atom. The highest BCUT2D eigenvalue weighted by molar-refractivity contribution is 6.20. The van der Waals surface area contributed by atoms with E-state index in [1.807, 2.05) is 0 Å². The number of amides is 2. The Labute approximate surface area is 64.3 Å². The molecule has 0 aliphatic carbocycles. The maximum Gasteiger partial charge on any atom is 0.314 e. The number of piperazine rings is 1. The summed E-state index contributed by atoms with van der Waals surface area (Å²) >= 11 is 5.69. The number of alkyl halides is 1. The third kappa shape index (κ3) is 1.75. The molecule has 0 aromatic rings. The van der Waals surface area contributed by atoms with Crippen LogP contribution in [-0.4, -0.2) is 36.1 Å². The molecular weight excluding hydrogens is 154 g/mol. The number of carbonyl (C=O) groups is 1. The molecule has 0 aromatic heterocycles. The summed E-state index contributed by atoms with van der Waals surface area (Å²) in [6.07, 6.45) is 0. The lowest BCUT2D eigenvalue weighted by atomic mass is 10.4. The van der Waals surface area contributed by atoms with Crippen molar-refractivity contribution >= 4 is 17.6 Å². The third-order valence-electron chi connectivity index (χ3n) is 1.44. The van der Waals surface area contributed by atoms with Crippen molar-refractivity contribution in [3.8, 4) is 0 Å². The Bertz CT molecular complexity index is 141. The van der Waals surface area contributed by atoms with E-state index in [1.54, 1.807) is 0 Å². The molecule has 1 saturated heterocycles. The molecule has 10 heavy (non-hydrogen) atoms. The molecule has 0 saturated carbocycles. The number of carbonyl (C=O) groups excluding carboxylic acids is 1. The molecule has 1 aliphatic rings. The molecule has 3 N–H and O–H groups in total. The molecule has 1 atom stereocenters. The average Bonchev–Trinajstić information content (AvgIpc) is 1.88. The summed E-state index contributed by atoms with van der Waals surface area (Å²) in [4.78, 5) is 12.1. The van der Waals surface area contributed by atoms with E-state index in [-0.39, 0.29) is 5.50 Å². The number of urea groups is 1. The van der Waals surface area contributed by atoms with Gasteiger partial charge in [0.1, 0.15) is 5.50 Å². The molecule has 4 nitrogen and oxygen atoms in total. The van der Waals surface area contributed by atoms with Gasteiger partial charge in [-0.25, -0.2) is 4.79 Å². The number of nitrogens with two attached hydrogens (primary N) is 1. The zero-order valence-electron chi connectivity index (χ0n) is 5.51. The standard InChI is InChI=1S/C5H10ClN3O/c6-4-3-9(5(7)10)2-1-8-4/h4,8H,1-3H2,(H2,7,10). The van der Waals surface area contributed by atoms with Crippen LogP contribution in [0.1, 0.15) is 0 Å². The lowest BCUT2D eigenvalue weighted by Gasteiger charge is -2.28. The molecule has 0 aromatic carbocycles. The fourth-order valence-corrected chi connectivity index (χ4v) is 1.18. The van der Waals surface area contributed by atoms with Crippen molar-refractivity contribution in [2.24, 2.45) is 5.73 Å². The van der Waals surface area contributed by atoms with Crippen molar-refractivity contribution < 1.29 is 4.79 Å². The van der Waals surface area contributed by atoms with Gasteiger partial charge in [0.15, 0.2) is 0 Å². The molecule has 0 bridgehead atoms. The van der Waals surface area contributed by atoms with Gasteiger partial charge in [-0.3, -0.25) is 5.32 Å². The monoisotopic (exact) mass is 163 g/mol. The molecule has 0 spiro atoms. The van der Waals surface area contributed by atoms with Crippen LogP contribution in [0, 0.1) is 0 Å². The minimum Gasteiger partial charge on any atom is -0.351 e. The Hall–Kier alpha value is -0.480. The second-order valence-electron chi connectivity index (χ2n) is 2.21. The smallest absolute Gasteiger partial charge is 0.314 e. The van der Waals surface area contributed by atoms with Crippen molar-refractivity contribution in [3.05, 3.63) is 0 Å².